The maximum Gasteiger partial charge on any atom is 0.274 e. The maximum atomic E-state index is 13.4. The third-order valence-corrected chi connectivity index (χ3v) is 5.73. The van der Waals surface area contributed by atoms with Crippen LogP contribution in [0.1, 0.15) is 53.6 Å². The van der Waals surface area contributed by atoms with Gasteiger partial charge in [-0.25, -0.2) is 4.98 Å². The van der Waals surface area contributed by atoms with Crippen molar-refractivity contribution in [2.75, 3.05) is 7.05 Å². The molecule has 6 heteroatoms. The van der Waals surface area contributed by atoms with Gasteiger partial charge in [0.25, 0.3) is 5.91 Å². The van der Waals surface area contributed by atoms with Crippen molar-refractivity contribution in [3.05, 3.63) is 59.2 Å². The zero-order valence-corrected chi connectivity index (χ0v) is 17.6. The second-order valence-electron chi connectivity index (χ2n) is 7.82. The number of carbonyl (C=O) groups is 1. The normalized spacial score (nSPS) is 13.8. The minimum Gasteiger partial charge on any atom is -0.336 e. The number of imidazole rings is 1. The Labute approximate surface area is 172 Å². The van der Waals surface area contributed by atoms with Crippen LogP contribution in [0.25, 0.3) is 11.4 Å². The Morgan fingerprint density at radius 1 is 1.17 bits per heavy atom. The largest absolute Gasteiger partial charge is 0.336 e. The number of aromatic nitrogens is 4. The first-order valence-electron chi connectivity index (χ1n) is 10.5. The summed E-state index contributed by atoms with van der Waals surface area (Å²) in [6.07, 6.45) is 6.35. The van der Waals surface area contributed by atoms with Crippen molar-refractivity contribution < 1.29 is 4.79 Å². The van der Waals surface area contributed by atoms with E-state index in [-0.39, 0.29) is 5.91 Å². The standard InChI is InChI=1S/C23H29N5O/c1-4-27-16-19(17(2)25-27)15-26(3)23(29)21-20-13-9-6-10-14-28(20)22(24-21)18-11-7-5-8-12-18/h5,7-8,11-12,16H,4,6,9-10,13-15H2,1-3H3. The molecule has 1 amide bonds. The highest BCUT2D eigenvalue weighted by Crippen LogP contribution is 2.28. The fourth-order valence-corrected chi connectivity index (χ4v) is 4.08. The molecule has 6 nitrogen and oxygen atoms in total. The lowest BCUT2D eigenvalue weighted by atomic mass is 10.1. The molecule has 0 saturated heterocycles. The van der Waals surface area contributed by atoms with Crippen LogP contribution in [-0.4, -0.2) is 37.2 Å². The van der Waals surface area contributed by atoms with E-state index in [1.165, 1.54) is 6.42 Å². The molecular formula is C23H29N5O. The van der Waals surface area contributed by atoms with Crippen LogP contribution in [0.2, 0.25) is 0 Å². The van der Waals surface area contributed by atoms with Gasteiger partial charge >= 0.3 is 0 Å². The summed E-state index contributed by atoms with van der Waals surface area (Å²) in [7, 11) is 1.86. The molecule has 1 aliphatic rings. The molecule has 29 heavy (non-hydrogen) atoms. The van der Waals surface area contributed by atoms with Crippen LogP contribution in [0.15, 0.2) is 36.5 Å². The summed E-state index contributed by atoms with van der Waals surface area (Å²) in [5, 5.41) is 4.50. The molecule has 2 aromatic heterocycles. The van der Waals surface area contributed by atoms with Gasteiger partial charge in [-0.1, -0.05) is 36.8 Å². The number of hydrogen-bond donors (Lipinski definition) is 0. The van der Waals surface area contributed by atoms with Crippen molar-refractivity contribution >= 4 is 5.91 Å². The van der Waals surface area contributed by atoms with Gasteiger partial charge in [-0.2, -0.15) is 5.10 Å². The smallest absolute Gasteiger partial charge is 0.274 e. The Morgan fingerprint density at radius 3 is 2.69 bits per heavy atom. The van der Waals surface area contributed by atoms with Crippen molar-refractivity contribution in [3.63, 3.8) is 0 Å². The average molecular weight is 392 g/mol. The molecule has 3 heterocycles. The van der Waals surface area contributed by atoms with Crippen LogP contribution in [0.4, 0.5) is 0 Å². The van der Waals surface area contributed by atoms with E-state index in [1.54, 1.807) is 4.90 Å². The summed E-state index contributed by atoms with van der Waals surface area (Å²) in [4.78, 5) is 20.0. The number of aryl methyl sites for hydroxylation is 2. The van der Waals surface area contributed by atoms with E-state index in [1.807, 2.05) is 43.0 Å². The molecule has 152 valence electrons. The lowest BCUT2D eigenvalue weighted by Gasteiger charge is -2.16. The number of fused-ring (bicyclic) bond motifs is 1. The van der Waals surface area contributed by atoms with Crippen molar-refractivity contribution in [1.82, 2.24) is 24.2 Å². The minimum atomic E-state index is -0.0125. The van der Waals surface area contributed by atoms with Gasteiger partial charge < -0.3 is 9.47 Å². The SMILES string of the molecule is CCn1cc(CN(C)C(=O)c2nc(-c3ccccc3)n3c2CCCCC3)c(C)n1. The van der Waals surface area contributed by atoms with Gasteiger partial charge in [0.1, 0.15) is 11.5 Å². The molecule has 0 fully saturated rings. The predicted octanol–water partition coefficient (Wildman–Crippen LogP) is 4.07. The van der Waals surface area contributed by atoms with E-state index in [9.17, 15) is 4.79 Å². The highest BCUT2D eigenvalue weighted by atomic mass is 16.2. The van der Waals surface area contributed by atoms with Crippen molar-refractivity contribution in [2.24, 2.45) is 0 Å². The number of hydrogen-bond acceptors (Lipinski definition) is 3. The Kier molecular flexibility index (Phi) is 5.51. The van der Waals surface area contributed by atoms with E-state index in [0.29, 0.717) is 12.2 Å². The Morgan fingerprint density at radius 2 is 1.97 bits per heavy atom. The molecule has 0 radical (unpaired) electrons. The van der Waals surface area contributed by atoms with Gasteiger partial charge in [-0.15, -0.1) is 0 Å². The summed E-state index contributed by atoms with van der Waals surface area (Å²) < 4.78 is 4.18. The summed E-state index contributed by atoms with van der Waals surface area (Å²) in [6.45, 7) is 6.35. The molecule has 0 saturated carbocycles. The average Bonchev–Trinajstić information content (AvgIpc) is 3.18. The molecule has 1 aliphatic heterocycles. The second-order valence-corrected chi connectivity index (χ2v) is 7.82. The lowest BCUT2D eigenvalue weighted by Crippen LogP contribution is -2.27. The third-order valence-electron chi connectivity index (χ3n) is 5.73. The van der Waals surface area contributed by atoms with Gasteiger partial charge in [0.15, 0.2) is 0 Å². The van der Waals surface area contributed by atoms with Gasteiger partial charge in [0.2, 0.25) is 0 Å². The van der Waals surface area contributed by atoms with Crippen LogP contribution < -0.4 is 0 Å². The van der Waals surface area contributed by atoms with Gasteiger partial charge in [0.05, 0.1) is 11.4 Å². The molecule has 0 N–H and O–H groups in total. The van der Waals surface area contributed by atoms with E-state index < -0.39 is 0 Å². The van der Waals surface area contributed by atoms with Crippen LogP contribution in [0.5, 0.6) is 0 Å². The Balaban J connectivity index is 1.67. The van der Waals surface area contributed by atoms with Gasteiger partial charge in [-0.05, 0) is 33.1 Å². The number of amides is 1. The number of rotatable bonds is 5. The fourth-order valence-electron chi connectivity index (χ4n) is 4.08. The fraction of sp³-hybridized carbons (Fsp3) is 0.435. The van der Waals surface area contributed by atoms with Crippen molar-refractivity contribution in [2.45, 2.75) is 59.2 Å². The van der Waals surface area contributed by atoms with Crippen LogP contribution >= 0.6 is 0 Å². The monoisotopic (exact) mass is 391 g/mol. The molecule has 0 bridgehead atoms. The quantitative estimate of drug-likeness (QED) is 0.659. The van der Waals surface area contributed by atoms with Crippen LogP contribution in [0.3, 0.4) is 0 Å². The lowest BCUT2D eigenvalue weighted by molar-refractivity contribution is 0.0778. The molecule has 0 atom stereocenters. The molecule has 0 aliphatic carbocycles. The van der Waals surface area contributed by atoms with E-state index in [2.05, 4.69) is 28.7 Å². The first kappa shape index (κ1) is 19.4. The van der Waals surface area contributed by atoms with Gasteiger partial charge in [-0.3, -0.25) is 9.48 Å². The highest BCUT2D eigenvalue weighted by molar-refractivity contribution is 5.94. The van der Waals surface area contributed by atoms with Crippen molar-refractivity contribution in [3.8, 4) is 11.4 Å². The van der Waals surface area contributed by atoms with Gasteiger partial charge in [0, 0.05) is 44.0 Å². The minimum absolute atomic E-state index is 0.0125. The second kappa shape index (κ2) is 8.23. The molecule has 3 aromatic rings. The summed E-state index contributed by atoms with van der Waals surface area (Å²) in [5.74, 6) is 0.899. The zero-order chi connectivity index (χ0) is 20.4. The first-order chi connectivity index (χ1) is 14.1. The first-order valence-corrected chi connectivity index (χ1v) is 10.5. The Hall–Kier alpha value is -2.89. The highest BCUT2D eigenvalue weighted by Gasteiger charge is 2.26. The van der Waals surface area contributed by atoms with Crippen LogP contribution in [0, 0.1) is 6.92 Å². The van der Waals surface area contributed by atoms with E-state index in [0.717, 1.165) is 60.7 Å². The van der Waals surface area contributed by atoms with E-state index in [4.69, 9.17) is 4.98 Å². The summed E-state index contributed by atoms with van der Waals surface area (Å²) >= 11 is 0. The Bertz CT molecular complexity index is 1000. The molecule has 0 spiro atoms. The predicted molar refractivity (Wildman–Crippen MR) is 114 cm³/mol. The molecule has 0 unspecified atom stereocenters. The van der Waals surface area contributed by atoms with Crippen molar-refractivity contribution in [1.29, 1.82) is 0 Å². The topological polar surface area (TPSA) is 56.0 Å². The third kappa shape index (κ3) is 3.84. The number of nitrogens with zero attached hydrogens (tertiary/aromatic N) is 5. The molecule has 4 rings (SSSR count). The molecular weight excluding hydrogens is 362 g/mol. The van der Waals surface area contributed by atoms with E-state index >= 15 is 0 Å². The number of carbonyl (C=O) groups excluding carboxylic acids is 1. The zero-order valence-electron chi connectivity index (χ0n) is 17.6. The number of benzene rings is 1. The molecule has 1 aromatic carbocycles. The summed E-state index contributed by atoms with van der Waals surface area (Å²) in [6, 6.07) is 10.2. The van der Waals surface area contributed by atoms with Crippen LogP contribution in [-0.2, 0) is 26.1 Å². The summed E-state index contributed by atoms with van der Waals surface area (Å²) in [5.41, 5.74) is 4.81. The maximum absolute atomic E-state index is 13.4.